The lowest BCUT2D eigenvalue weighted by Crippen LogP contribution is -2.50. The number of nitrogens with zero attached hydrogens (tertiary/aromatic N) is 2. The predicted molar refractivity (Wildman–Crippen MR) is 131 cm³/mol. The second-order valence-corrected chi connectivity index (χ2v) is 10.2. The molecule has 1 aromatic rings. The van der Waals surface area contributed by atoms with Crippen LogP contribution in [0, 0.1) is 5.82 Å². The molecule has 1 aromatic carbocycles. The van der Waals surface area contributed by atoms with Gasteiger partial charge in [-0.1, -0.05) is 24.6 Å². The second-order valence-electron chi connectivity index (χ2n) is 7.68. The smallest absolute Gasteiger partial charge is 0.214 e. The molecule has 170 valence electrons. The molecular formula is C20H31ClFIN4O2S. The Balaban J connectivity index is 0.00000320. The first-order chi connectivity index (χ1) is 13.9. The molecule has 1 heterocycles. The highest BCUT2D eigenvalue weighted by Crippen LogP contribution is 2.44. The Bertz CT molecular complexity index is 827. The number of sulfonamides is 1. The number of rotatable bonds is 7. The predicted octanol–water partition coefficient (Wildman–Crippen LogP) is 3.71. The van der Waals surface area contributed by atoms with Crippen LogP contribution in [-0.2, 0) is 10.0 Å². The first-order valence-electron chi connectivity index (χ1n) is 10.3. The van der Waals surface area contributed by atoms with Crippen LogP contribution in [-0.4, -0.2) is 56.2 Å². The quantitative estimate of drug-likeness (QED) is 0.297. The molecule has 2 aliphatic rings. The third-order valence-corrected chi connectivity index (χ3v) is 7.86. The van der Waals surface area contributed by atoms with Crippen LogP contribution < -0.4 is 10.6 Å². The van der Waals surface area contributed by atoms with Crippen LogP contribution in [0.2, 0.25) is 5.02 Å². The maximum absolute atomic E-state index is 14.1. The highest BCUT2D eigenvalue weighted by molar-refractivity contribution is 14.0. The Hall–Kier alpha value is -0.650. The molecule has 2 N–H and O–H groups in total. The monoisotopic (exact) mass is 572 g/mol. The molecule has 1 aliphatic heterocycles. The molecule has 0 radical (unpaired) electrons. The summed E-state index contributed by atoms with van der Waals surface area (Å²) in [7, 11) is -3.14. The summed E-state index contributed by atoms with van der Waals surface area (Å²) in [5, 5.41) is 7.27. The average Bonchev–Trinajstić information content (AvgIpc) is 3.40. The third-order valence-electron chi connectivity index (χ3n) is 5.45. The van der Waals surface area contributed by atoms with Crippen LogP contribution in [0.4, 0.5) is 4.39 Å². The number of guanidine groups is 1. The van der Waals surface area contributed by atoms with Gasteiger partial charge in [0.15, 0.2) is 5.96 Å². The number of halogens is 3. The summed E-state index contributed by atoms with van der Waals surface area (Å²) in [6.07, 6.45) is 2.91. The van der Waals surface area contributed by atoms with E-state index in [1.807, 2.05) is 13.8 Å². The van der Waals surface area contributed by atoms with Gasteiger partial charge in [-0.25, -0.2) is 17.1 Å². The van der Waals surface area contributed by atoms with E-state index in [0.29, 0.717) is 42.6 Å². The molecule has 6 nitrogen and oxygen atoms in total. The molecule has 0 spiro atoms. The molecule has 10 heteroatoms. The summed E-state index contributed by atoms with van der Waals surface area (Å²) >= 11 is 6.19. The lowest BCUT2D eigenvalue weighted by Gasteiger charge is -2.32. The van der Waals surface area contributed by atoms with E-state index >= 15 is 0 Å². The van der Waals surface area contributed by atoms with E-state index in [0.717, 1.165) is 19.3 Å². The number of hydrogen-bond acceptors (Lipinski definition) is 3. The summed E-state index contributed by atoms with van der Waals surface area (Å²) in [5.41, 5.74) is 0.567. The van der Waals surface area contributed by atoms with Gasteiger partial charge in [0.05, 0.1) is 5.75 Å². The van der Waals surface area contributed by atoms with Crippen molar-refractivity contribution < 1.29 is 12.8 Å². The van der Waals surface area contributed by atoms with Crippen LogP contribution in [0.3, 0.4) is 0 Å². The van der Waals surface area contributed by atoms with E-state index in [1.54, 1.807) is 16.4 Å². The molecule has 2 unspecified atom stereocenters. The molecule has 30 heavy (non-hydrogen) atoms. The molecule has 2 atom stereocenters. The number of piperidine rings is 1. The minimum atomic E-state index is -3.14. The molecule has 3 rings (SSSR count). The summed E-state index contributed by atoms with van der Waals surface area (Å²) in [6.45, 7) is 5.51. The highest BCUT2D eigenvalue weighted by Gasteiger charge is 2.42. The lowest BCUT2D eigenvalue weighted by molar-refractivity contribution is 0.306. The number of nitrogens with one attached hydrogen (secondary N) is 2. The van der Waals surface area contributed by atoms with Crippen molar-refractivity contribution in [3.63, 3.8) is 0 Å². The topological polar surface area (TPSA) is 73.8 Å². The van der Waals surface area contributed by atoms with Crippen LogP contribution in [0.15, 0.2) is 23.2 Å². The molecule has 0 aromatic heterocycles. The second kappa shape index (κ2) is 11.3. The van der Waals surface area contributed by atoms with E-state index in [1.165, 1.54) is 6.07 Å². The minimum absolute atomic E-state index is 0. The first kappa shape index (κ1) is 25.6. The van der Waals surface area contributed by atoms with Crippen LogP contribution in [0.1, 0.15) is 51.0 Å². The van der Waals surface area contributed by atoms with Gasteiger partial charge in [0.1, 0.15) is 5.82 Å². The van der Waals surface area contributed by atoms with Gasteiger partial charge in [0, 0.05) is 48.2 Å². The Morgan fingerprint density at radius 2 is 1.97 bits per heavy atom. The molecule has 0 bridgehead atoms. The standard InChI is InChI=1S/C20H30ClFN4O2S.HI/c1-3-12-29(27,28)26-10-8-14(9-11-26)24-20(23-4-2)25-18-13-15(18)19-16(21)6-5-7-17(19)22;/h5-7,14-15,18H,3-4,8-13H2,1-2H3,(H2,23,24,25);1H. The van der Waals surface area contributed by atoms with Crippen molar-refractivity contribution in [1.82, 2.24) is 14.9 Å². The average molecular weight is 573 g/mol. The first-order valence-corrected chi connectivity index (χ1v) is 12.3. The summed E-state index contributed by atoms with van der Waals surface area (Å²) in [4.78, 5) is 4.50. The zero-order valence-electron chi connectivity index (χ0n) is 17.4. The zero-order valence-corrected chi connectivity index (χ0v) is 21.3. The number of benzene rings is 1. The van der Waals surface area contributed by atoms with E-state index in [4.69, 9.17) is 11.6 Å². The summed E-state index contributed by atoms with van der Waals surface area (Å²) in [6, 6.07) is 5.03. The van der Waals surface area contributed by atoms with Crippen molar-refractivity contribution >= 4 is 51.6 Å². The van der Waals surface area contributed by atoms with Crippen LogP contribution >= 0.6 is 35.6 Å². The third kappa shape index (κ3) is 6.43. The number of hydrogen-bond donors (Lipinski definition) is 2. The van der Waals surface area contributed by atoms with Crippen molar-refractivity contribution in [3.8, 4) is 0 Å². The maximum Gasteiger partial charge on any atom is 0.214 e. The molecule has 2 fully saturated rings. The molecule has 0 amide bonds. The zero-order chi connectivity index (χ0) is 21.0. The van der Waals surface area contributed by atoms with Crippen LogP contribution in [0.5, 0.6) is 0 Å². The van der Waals surface area contributed by atoms with Gasteiger partial charge in [0.25, 0.3) is 0 Å². The fraction of sp³-hybridized carbons (Fsp3) is 0.650. The van der Waals surface area contributed by atoms with E-state index in [2.05, 4.69) is 15.6 Å². The van der Waals surface area contributed by atoms with Crippen molar-refractivity contribution in [2.45, 2.75) is 57.5 Å². The highest BCUT2D eigenvalue weighted by atomic mass is 127. The summed E-state index contributed by atoms with van der Waals surface area (Å²) in [5.74, 6) is 0.668. The van der Waals surface area contributed by atoms with Gasteiger partial charge in [-0.2, -0.15) is 0 Å². The Labute approximate surface area is 201 Å². The Kier molecular flexibility index (Phi) is 9.63. The fourth-order valence-corrected chi connectivity index (χ4v) is 5.71. The van der Waals surface area contributed by atoms with Gasteiger partial charge in [-0.15, -0.1) is 24.0 Å². The lowest BCUT2D eigenvalue weighted by atomic mass is 10.1. The van der Waals surface area contributed by atoms with Crippen LogP contribution in [0.25, 0.3) is 0 Å². The number of aliphatic imine (C=N–C) groups is 1. The van der Waals surface area contributed by atoms with Gasteiger partial charge in [-0.3, -0.25) is 4.99 Å². The molecule has 1 saturated carbocycles. The van der Waals surface area contributed by atoms with E-state index in [-0.39, 0.29) is 53.5 Å². The Morgan fingerprint density at radius 3 is 2.57 bits per heavy atom. The van der Waals surface area contributed by atoms with Crippen molar-refractivity contribution in [2.75, 3.05) is 25.4 Å². The van der Waals surface area contributed by atoms with Crippen molar-refractivity contribution in [3.05, 3.63) is 34.6 Å². The molecule has 1 saturated heterocycles. The fourth-order valence-electron chi connectivity index (χ4n) is 3.86. The SMILES string of the molecule is CCCS(=O)(=O)N1CCC(NC(=NCC)NC2CC2c2c(F)cccc2Cl)CC1.I. The maximum atomic E-state index is 14.1. The van der Waals surface area contributed by atoms with Gasteiger partial charge in [-0.05, 0) is 44.7 Å². The Morgan fingerprint density at radius 1 is 1.27 bits per heavy atom. The van der Waals surface area contributed by atoms with Crippen molar-refractivity contribution in [1.29, 1.82) is 0 Å². The minimum Gasteiger partial charge on any atom is -0.354 e. The molecule has 1 aliphatic carbocycles. The van der Waals surface area contributed by atoms with Gasteiger partial charge in [0.2, 0.25) is 10.0 Å². The van der Waals surface area contributed by atoms with E-state index < -0.39 is 10.0 Å². The normalized spacial score (nSPS) is 23.0. The van der Waals surface area contributed by atoms with Gasteiger partial charge >= 0.3 is 0 Å². The molecular weight excluding hydrogens is 542 g/mol. The largest absolute Gasteiger partial charge is 0.354 e. The van der Waals surface area contributed by atoms with Crippen molar-refractivity contribution in [2.24, 2.45) is 4.99 Å². The van der Waals surface area contributed by atoms with Gasteiger partial charge < -0.3 is 10.6 Å². The van der Waals surface area contributed by atoms with E-state index in [9.17, 15) is 12.8 Å². The summed E-state index contributed by atoms with van der Waals surface area (Å²) < 4.78 is 40.2.